The van der Waals surface area contributed by atoms with Crippen LogP contribution in [0.3, 0.4) is 0 Å². The molecule has 1 rings (SSSR count). The highest BCUT2D eigenvalue weighted by molar-refractivity contribution is 5.50. The second kappa shape index (κ2) is 6.67. The average Bonchev–Trinajstić information content (AvgIpc) is 2.61. The quantitative estimate of drug-likeness (QED) is 0.545. The molecule has 3 heteroatoms. The van der Waals surface area contributed by atoms with Crippen LogP contribution in [0.4, 0.5) is 0 Å². The first-order valence-electron chi connectivity index (χ1n) is 7.24. The van der Waals surface area contributed by atoms with E-state index in [1.54, 1.807) is 0 Å². The van der Waals surface area contributed by atoms with Crippen molar-refractivity contribution in [1.82, 2.24) is 0 Å². The van der Waals surface area contributed by atoms with Crippen molar-refractivity contribution < 1.29 is 14.3 Å². The SMILES string of the molecule is CC(C)[C@H](C)/C=C\[C@@H](C)[C@H]1OC(C)(C)O[C@H]1CC=O. The Bertz CT molecular complexity index is 320. The zero-order valence-electron chi connectivity index (χ0n) is 13.1. The van der Waals surface area contributed by atoms with Crippen molar-refractivity contribution in [3.8, 4) is 0 Å². The first kappa shape index (κ1) is 16.4. The average molecular weight is 268 g/mol. The van der Waals surface area contributed by atoms with Gasteiger partial charge in [0.15, 0.2) is 5.79 Å². The molecule has 0 radical (unpaired) electrons. The third-order valence-corrected chi connectivity index (χ3v) is 3.84. The maximum absolute atomic E-state index is 10.7. The van der Waals surface area contributed by atoms with Gasteiger partial charge in [-0.3, -0.25) is 0 Å². The lowest BCUT2D eigenvalue weighted by Crippen LogP contribution is -2.29. The number of hydrogen-bond donors (Lipinski definition) is 0. The normalized spacial score (nSPS) is 29.8. The van der Waals surface area contributed by atoms with Crippen LogP contribution in [0.1, 0.15) is 48.0 Å². The number of rotatable bonds is 6. The molecule has 0 spiro atoms. The number of allylic oxidation sites excluding steroid dienone is 1. The van der Waals surface area contributed by atoms with E-state index in [0.717, 1.165) is 6.29 Å². The van der Waals surface area contributed by atoms with Gasteiger partial charge in [-0.2, -0.15) is 0 Å². The van der Waals surface area contributed by atoms with E-state index in [-0.39, 0.29) is 18.1 Å². The summed E-state index contributed by atoms with van der Waals surface area (Å²) < 4.78 is 11.7. The Morgan fingerprint density at radius 2 is 1.74 bits per heavy atom. The molecule has 0 bridgehead atoms. The molecule has 0 unspecified atom stereocenters. The summed E-state index contributed by atoms with van der Waals surface area (Å²) in [5, 5.41) is 0. The smallest absolute Gasteiger partial charge is 0.163 e. The van der Waals surface area contributed by atoms with Gasteiger partial charge in [0.2, 0.25) is 0 Å². The summed E-state index contributed by atoms with van der Waals surface area (Å²) in [6.07, 6.45) is 5.55. The first-order chi connectivity index (χ1) is 8.76. The molecule has 0 N–H and O–H groups in total. The number of ether oxygens (including phenoxy) is 2. The molecule has 1 saturated heterocycles. The second-order valence-electron chi connectivity index (χ2n) is 6.39. The topological polar surface area (TPSA) is 35.5 Å². The Morgan fingerprint density at radius 1 is 1.11 bits per heavy atom. The van der Waals surface area contributed by atoms with Crippen LogP contribution in [0.15, 0.2) is 12.2 Å². The molecule has 0 aromatic heterocycles. The van der Waals surface area contributed by atoms with Crippen molar-refractivity contribution in [2.75, 3.05) is 0 Å². The molecule has 1 fully saturated rings. The number of carbonyl (C=O) groups is 1. The van der Waals surface area contributed by atoms with E-state index in [4.69, 9.17) is 9.47 Å². The molecular weight excluding hydrogens is 240 g/mol. The molecular formula is C16H28O3. The summed E-state index contributed by atoms with van der Waals surface area (Å²) in [6.45, 7) is 12.6. The van der Waals surface area contributed by atoms with Crippen LogP contribution in [-0.4, -0.2) is 24.3 Å². The molecule has 1 aliphatic heterocycles. The lowest BCUT2D eigenvalue weighted by atomic mass is 9.93. The minimum atomic E-state index is -0.593. The van der Waals surface area contributed by atoms with E-state index in [0.29, 0.717) is 18.3 Å². The first-order valence-corrected chi connectivity index (χ1v) is 7.24. The molecule has 1 heterocycles. The summed E-state index contributed by atoms with van der Waals surface area (Å²) in [7, 11) is 0. The van der Waals surface area contributed by atoms with E-state index in [1.165, 1.54) is 0 Å². The summed E-state index contributed by atoms with van der Waals surface area (Å²) in [5.41, 5.74) is 0. The minimum absolute atomic E-state index is 0.0455. The predicted molar refractivity (Wildman–Crippen MR) is 76.8 cm³/mol. The Balaban J connectivity index is 2.68. The molecule has 4 atom stereocenters. The van der Waals surface area contributed by atoms with Gasteiger partial charge in [0, 0.05) is 12.3 Å². The van der Waals surface area contributed by atoms with Crippen molar-refractivity contribution in [2.45, 2.75) is 66.0 Å². The summed E-state index contributed by atoms with van der Waals surface area (Å²) >= 11 is 0. The Kier molecular flexibility index (Phi) is 5.75. The van der Waals surface area contributed by atoms with Gasteiger partial charge in [-0.05, 0) is 25.7 Å². The summed E-state index contributed by atoms with van der Waals surface area (Å²) in [4.78, 5) is 10.7. The van der Waals surface area contributed by atoms with Crippen LogP contribution in [0.5, 0.6) is 0 Å². The zero-order chi connectivity index (χ0) is 14.6. The molecule has 1 aliphatic rings. The zero-order valence-corrected chi connectivity index (χ0v) is 13.1. The van der Waals surface area contributed by atoms with Gasteiger partial charge in [0.05, 0.1) is 12.2 Å². The Morgan fingerprint density at radius 3 is 2.26 bits per heavy atom. The predicted octanol–water partition coefficient (Wildman–Crippen LogP) is 3.58. The van der Waals surface area contributed by atoms with Crippen LogP contribution >= 0.6 is 0 Å². The lowest BCUT2D eigenvalue weighted by Gasteiger charge is -2.21. The van der Waals surface area contributed by atoms with Gasteiger partial charge >= 0.3 is 0 Å². The molecule has 0 amide bonds. The van der Waals surface area contributed by atoms with Gasteiger partial charge in [-0.15, -0.1) is 0 Å². The highest BCUT2D eigenvalue weighted by Crippen LogP contribution is 2.34. The fourth-order valence-electron chi connectivity index (χ4n) is 2.27. The Labute approximate surface area is 117 Å². The maximum Gasteiger partial charge on any atom is 0.163 e. The van der Waals surface area contributed by atoms with Crippen molar-refractivity contribution in [3.63, 3.8) is 0 Å². The van der Waals surface area contributed by atoms with Gasteiger partial charge in [-0.1, -0.05) is 39.8 Å². The molecule has 110 valence electrons. The van der Waals surface area contributed by atoms with Crippen molar-refractivity contribution in [1.29, 1.82) is 0 Å². The van der Waals surface area contributed by atoms with Crippen LogP contribution in [0, 0.1) is 17.8 Å². The lowest BCUT2D eigenvalue weighted by molar-refractivity contribution is -0.149. The monoisotopic (exact) mass is 268 g/mol. The molecule has 3 nitrogen and oxygen atoms in total. The molecule has 0 saturated carbocycles. The summed E-state index contributed by atoms with van der Waals surface area (Å²) in [5.74, 6) is 0.825. The maximum atomic E-state index is 10.7. The molecule has 0 aromatic carbocycles. The number of aldehydes is 1. The van der Waals surface area contributed by atoms with E-state index in [2.05, 4.69) is 39.8 Å². The van der Waals surface area contributed by atoms with E-state index in [9.17, 15) is 4.79 Å². The third-order valence-electron chi connectivity index (χ3n) is 3.84. The van der Waals surface area contributed by atoms with E-state index < -0.39 is 5.79 Å². The molecule has 0 aromatic rings. The minimum Gasteiger partial charge on any atom is -0.344 e. The van der Waals surface area contributed by atoms with Crippen LogP contribution in [0.25, 0.3) is 0 Å². The third kappa shape index (κ3) is 4.73. The van der Waals surface area contributed by atoms with Crippen molar-refractivity contribution in [3.05, 3.63) is 12.2 Å². The molecule has 19 heavy (non-hydrogen) atoms. The molecule has 0 aliphatic carbocycles. The fourth-order valence-corrected chi connectivity index (χ4v) is 2.27. The van der Waals surface area contributed by atoms with Crippen LogP contribution in [-0.2, 0) is 14.3 Å². The van der Waals surface area contributed by atoms with Crippen LogP contribution in [0.2, 0.25) is 0 Å². The van der Waals surface area contributed by atoms with Crippen molar-refractivity contribution in [2.24, 2.45) is 17.8 Å². The number of hydrogen-bond acceptors (Lipinski definition) is 3. The van der Waals surface area contributed by atoms with Crippen LogP contribution < -0.4 is 0 Å². The number of carbonyl (C=O) groups excluding carboxylic acids is 1. The highest BCUT2D eigenvalue weighted by Gasteiger charge is 2.42. The second-order valence-corrected chi connectivity index (χ2v) is 6.39. The van der Waals surface area contributed by atoms with Gasteiger partial charge in [0.1, 0.15) is 6.29 Å². The van der Waals surface area contributed by atoms with E-state index >= 15 is 0 Å². The largest absolute Gasteiger partial charge is 0.344 e. The van der Waals surface area contributed by atoms with Gasteiger partial charge in [-0.25, -0.2) is 0 Å². The Hall–Kier alpha value is -0.670. The highest BCUT2D eigenvalue weighted by atomic mass is 16.8. The van der Waals surface area contributed by atoms with Gasteiger partial charge in [0.25, 0.3) is 0 Å². The standard InChI is InChI=1S/C16H28O3/c1-11(2)12(3)7-8-13(4)15-14(9-10-17)18-16(5,6)19-15/h7-8,10-15H,9H2,1-6H3/b8-7-/t12-,13-,14+,15-/m1/s1. The van der Waals surface area contributed by atoms with Crippen molar-refractivity contribution >= 4 is 6.29 Å². The summed E-state index contributed by atoms with van der Waals surface area (Å²) in [6, 6.07) is 0. The van der Waals surface area contributed by atoms with Gasteiger partial charge < -0.3 is 14.3 Å². The fraction of sp³-hybridized carbons (Fsp3) is 0.812. The van der Waals surface area contributed by atoms with E-state index in [1.807, 2.05) is 13.8 Å².